The first kappa shape index (κ1) is 16.0. The minimum absolute atomic E-state index is 0.118. The van der Waals surface area contributed by atoms with Gasteiger partial charge in [-0.25, -0.2) is 21.9 Å². The summed E-state index contributed by atoms with van der Waals surface area (Å²) in [6, 6.07) is 2.34. The molecule has 0 fully saturated rings. The van der Waals surface area contributed by atoms with Crippen molar-refractivity contribution in [2.45, 2.75) is 30.6 Å². The second-order valence-electron chi connectivity index (χ2n) is 4.11. The van der Waals surface area contributed by atoms with Crippen LogP contribution in [0.4, 0.5) is 8.78 Å². The van der Waals surface area contributed by atoms with Crippen LogP contribution in [0.3, 0.4) is 0 Å². The second kappa shape index (κ2) is 7.52. The molecule has 0 heterocycles. The number of aliphatic hydroxyl groups excluding tert-OH is 1. The lowest BCUT2D eigenvalue weighted by Crippen LogP contribution is -2.25. The molecule has 1 aromatic rings. The molecule has 0 saturated carbocycles. The Morgan fingerprint density at radius 1 is 1.11 bits per heavy atom. The van der Waals surface area contributed by atoms with E-state index >= 15 is 0 Å². The van der Waals surface area contributed by atoms with Crippen molar-refractivity contribution in [1.29, 1.82) is 0 Å². The van der Waals surface area contributed by atoms with E-state index in [1.165, 1.54) is 0 Å². The van der Waals surface area contributed by atoms with Crippen LogP contribution in [0.2, 0.25) is 0 Å². The van der Waals surface area contributed by atoms with Crippen molar-refractivity contribution in [2.75, 3.05) is 13.2 Å². The highest BCUT2D eigenvalue weighted by atomic mass is 32.2. The third-order valence-electron chi connectivity index (χ3n) is 2.56. The van der Waals surface area contributed by atoms with Crippen molar-refractivity contribution >= 4 is 10.0 Å². The molecule has 108 valence electrons. The predicted molar refractivity (Wildman–Crippen MR) is 67.1 cm³/mol. The Kier molecular flexibility index (Phi) is 6.33. The van der Waals surface area contributed by atoms with Crippen molar-refractivity contribution < 1.29 is 22.3 Å². The monoisotopic (exact) mass is 293 g/mol. The summed E-state index contributed by atoms with van der Waals surface area (Å²) in [7, 11) is -3.94. The molecule has 0 atom stereocenters. The Bertz CT molecular complexity index is 506. The summed E-state index contributed by atoms with van der Waals surface area (Å²) >= 11 is 0. The summed E-state index contributed by atoms with van der Waals surface area (Å²) in [5.74, 6) is -1.92. The van der Waals surface area contributed by atoms with Gasteiger partial charge in [0.2, 0.25) is 10.0 Å². The molecule has 0 radical (unpaired) electrons. The minimum atomic E-state index is -3.94. The number of sulfonamides is 1. The van der Waals surface area contributed by atoms with Gasteiger partial charge in [0.15, 0.2) is 0 Å². The van der Waals surface area contributed by atoms with Gasteiger partial charge in [-0.1, -0.05) is 12.8 Å². The predicted octanol–water partition coefficient (Wildman–Crippen LogP) is 1.80. The van der Waals surface area contributed by atoms with Gasteiger partial charge in [0, 0.05) is 19.2 Å². The first-order valence-corrected chi connectivity index (χ1v) is 7.51. The fraction of sp³-hybridized carbons (Fsp3) is 0.500. The zero-order valence-electron chi connectivity index (χ0n) is 10.4. The highest BCUT2D eigenvalue weighted by Crippen LogP contribution is 2.15. The quantitative estimate of drug-likeness (QED) is 0.718. The molecule has 19 heavy (non-hydrogen) atoms. The van der Waals surface area contributed by atoms with E-state index in [1.54, 1.807) is 0 Å². The fourth-order valence-electron chi connectivity index (χ4n) is 1.57. The summed E-state index contributed by atoms with van der Waals surface area (Å²) in [6.07, 6.45) is 2.86. The van der Waals surface area contributed by atoms with Crippen molar-refractivity contribution in [3.05, 3.63) is 29.8 Å². The molecule has 0 bridgehead atoms. The van der Waals surface area contributed by atoms with E-state index in [-0.39, 0.29) is 13.2 Å². The molecule has 0 aliphatic heterocycles. The number of nitrogens with one attached hydrogen (secondary N) is 1. The maximum atomic E-state index is 13.3. The topological polar surface area (TPSA) is 66.4 Å². The van der Waals surface area contributed by atoms with Crippen molar-refractivity contribution in [3.8, 4) is 0 Å². The molecule has 1 rings (SSSR count). The highest BCUT2D eigenvalue weighted by molar-refractivity contribution is 7.89. The zero-order chi connectivity index (χ0) is 14.3. The summed E-state index contributed by atoms with van der Waals surface area (Å²) in [5, 5.41) is 8.57. The molecular weight excluding hydrogens is 276 g/mol. The summed E-state index contributed by atoms with van der Waals surface area (Å²) < 4.78 is 51.8. The number of rotatable bonds is 8. The Labute approximate surface area is 111 Å². The van der Waals surface area contributed by atoms with Crippen LogP contribution in [0.25, 0.3) is 0 Å². The van der Waals surface area contributed by atoms with E-state index in [0.29, 0.717) is 18.9 Å². The van der Waals surface area contributed by atoms with Crippen LogP contribution in [-0.4, -0.2) is 26.7 Å². The molecule has 0 aliphatic carbocycles. The van der Waals surface area contributed by atoms with Crippen LogP contribution in [0, 0.1) is 11.6 Å². The molecule has 0 amide bonds. The van der Waals surface area contributed by atoms with Crippen molar-refractivity contribution in [3.63, 3.8) is 0 Å². The number of unbranched alkanes of at least 4 members (excludes halogenated alkanes) is 3. The van der Waals surface area contributed by atoms with Gasteiger partial charge in [-0.2, -0.15) is 0 Å². The molecular formula is C12H17F2NO3S. The number of hydrogen-bond acceptors (Lipinski definition) is 3. The van der Waals surface area contributed by atoms with Crippen LogP contribution >= 0.6 is 0 Å². The average molecular weight is 293 g/mol. The molecule has 1 aromatic carbocycles. The number of benzene rings is 1. The van der Waals surface area contributed by atoms with Gasteiger partial charge >= 0.3 is 0 Å². The summed E-state index contributed by atoms with van der Waals surface area (Å²) in [5.41, 5.74) is 0. The van der Waals surface area contributed by atoms with Crippen molar-refractivity contribution in [1.82, 2.24) is 4.72 Å². The van der Waals surface area contributed by atoms with E-state index < -0.39 is 26.6 Å². The SMILES string of the molecule is O=S(=O)(NCCCCCCO)c1ccc(F)cc1F. The van der Waals surface area contributed by atoms with Crippen LogP contribution in [0.15, 0.2) is 23.1 Å². The van der Waals surface area contributed by atoms with Crippen LogP contribution in [0.5, 0.6) is 0 Å². The van der Waals surface area contributed by atoms with E-state index in [0.717, 1.165) is 25.0 Å². The number of aliphatic hydroxyl groups is 1. The smallest absolute Gasteiger partial charge is 0.243 e. The van der Waals surface area contributed by atoms with Gasteiger partial charge in [0.25, 0.3) is 0 Å². The highest BCUT2D eigenvalue weighted by Gasteiger charge is 2.18. The standard InChI is InChI=1S/C12H17F2NO3S/c13-10-5-6-12(11(14)9-10)19(17,18)15-7-3-1-2-4-8-16/h5-6,9,15-16H,1-4,7-8H2. The minimum Gasteiger partial charge on any atom is -0.396 e. The van der Waals surface area contributed by atoms with E-state index in [9.17, 15) is 17.2 Å². The largest absolute Gasteiger partial charge is 0.396 e. The summed E-state index contributed by atoms with van der Waals surface area (Å²) in [6.45, 7) is 0.303. The van der Waals surface area contributed by atoms with Crippen LogP contribution in [-0.2, 0) is 10.0 Å². The van der Waals surface area contributed by atoms with E-state index in [2.05, 4.69) is 4.72 Å². The maximum Gasteiger partial charge on any atom is 0.243 e. The Hall–Kier alpha value is -1.05. The van der Waals surface area contributed by atoms with Gasteiger partial charge < -0.3 is 5.11 Å². The van der Waals surface area contributed by atoms with Gasteiger partial charge in [-0.3, -0.25) is 0 Å². The molecule has 7 heteroatoms. The van der Waals surface area contributed by atoms with Gasteiger partial charge in [0.1, 0.15) is 16.5 Å². The van der Waals surface area contributed by atoms with E-state index in [1.807, 2.05) is 0 Å². The Morgan fingerprint density at radius 3 is 2.42 bits per heavy atom. The Balaban J connectivity index is 2.52. The number of halogens is 2. The van der Waals surface area contributed by atoms with Gasteiger partial charge in [-0.15, -0.1) is 0 Å². The fourth-order valence-corrected chi connectivity index (χ4v) is 2.70. The molecule has 0 spiro atoms. The van der Waals surface area contributed by atoms with Crippen molar-refractivity contribution in [2.24, 2.45) is 0 Å². The third kappa shape index (κ3) is 5.22. The lowest BCUT2D eigenvalue weighted by Gasteiger charge is -2.07. The van der Waals surface area contributed by atoms with E-state index in [4.69, 9.17) is 5.11 Å². The molecule has 0 aromatic heterocycles. The zero-order valence-corrected chi connectivity index (χ0v) is 11.2. The third-order valence-corrected chi connectivity index (χ3v) is 4.05. The lowest BCUT2D eigenvalue weighted by atomic mass is 10.2. The van der Waals surface area contributed by atoms with Crippen LogP contribution in [0.1, 0.15) is 25.7 Å². The van der Waals surface area contributed by atoms with Gasteiger partial charge in [0.05, 0.1) is 0 Å². The first-order chi connectivity index (χ1) is 8.97. The molecule has 2 N–H and O–H groups in total. The first-order valence-electron chi connectivity index (χ1n) is 6.03. The number of hydrogen-bond donors (Lipinski definition) is 2. The summed E-state index contributed by atoms with van der Waals surface area (Å²) in [4.78, 5) is -0.552. The maximum absolute atomic E-state index is 13.3. The molecule has 4 nitrogen and oxygen atoms in total. The lowest BCUT2D eigenvalue weighted by molar-refractivity contribution is 0.282. The molecule has 0 aliphatic rings. The van der Waals surface area contributed by atoms with Gasteiger partial charge in [-0.05, 0) is 25.0 Å². The molecule has 0 saturated heterocycles. The molecule has 0 unspecified atom stereocenters. The van der Waals surface area contributed by atoms with Crippen LogP contribution < -0.4 is 4.72 Å². The average Bonchev–Trinajstić information content (AvgIpc) is 2.33. The Morgan fingerprint density at radius 2 is 1.79 bits per heavy atom. The normalized spacial score (nSPS) is 11.7. The second-order valence-corrected chi connectivity index (χ2v) is 5.85.